The minimum atomic E-state index is -5.20. The molecule has 3 aliphatic heterocycles. The number of hydrogen-bond donors (Lipinski definition) is 7. The van der Waals surface area contributed by atoms with Gasteiger partial charge < -0.3 is 29.8 Å². The summed E-state index contributed by atoms with van der Waals surface area (Å²) in [4.78, 5) is 49.5. The van der Waals surface area contributed by atoms with Gasteiger partial charge in [0.1, 0.15) is 18.3 Å². The SMILES string of the molecule is NC1(OP(=O)(O)O)N=C2C(=NC(=O)N2[C@@H]2O[C@H](CO)[C@@H](O)[C@H]2O)C(=O)N1. The van der Waals surface area contributed by atoms with Gasteiger partial charge in [0.05, 0.1) is 6.61 Å². The first kappa shape index (κ1) is 19.0. The predicted molar refractivity (Wildman–Crippen MR) is 78.1 cm³/mol. The van der Waals surface area contributed by atoms with Crippen LogP contribution in [0.15, 0.2) is 9.98 Å². The first-order chi connectivity index (χ1) is 12.0. The largest absolute Gasteiger partial charge is 0.474 e. The lowest BCUT2D eigenvalue weighted by Gasteiger charge is -2.33. The summed E-state index contributed by atoms with van der Waals surface area (Å²) in [6.45, 7) is -0.681. The molecule has 1 saturated heterocycles. The predicted octanol–water partition coefficient (Wildman–Crippen LogP) is -4.49. The highest BCUT2D eigenvalue weighted by Gasteiger charge is 2.54. The number of hydrogen-bond acceptors (Lipinski definition) is 10. The number of phosphoric ester groups is 1. The van der Waals surface area contributed by atoms with Crippen LogP contribution in [0.4, 0.5) is 4.79 Å². The van der Waals surface area contributed by atoms with Crippen LogP contribution in [0, 0.1) is 0 Å². The number of carbonyl (C=O) groups is 2. The molecule has 0 aromatic carbocycles. The van der Waals surface area contributed by atoms with Crippen LogP contribution in [0.2, 0.25) is 0 Å². The third-order valence-electron chi connectivity index (χ3n) is 3.66. The van der Waals surface area contributed by atoms with Crippen molar-refractivity contribution >= 4 is 31.3 Å². The normalized spacial score (nSPS) is 37.4. The number of rotatable bonds is 4. The van der Waals surface area contributed by atoms with E-state index < -0.39 is 68.4 Å². The summed E-state index contributed by atoms with van der Waals surface area (Å²) in [7, 11) is -5.20. The second-order valence-electron chi connectivity index (χ2n) is 5.51. The van der Waals surface area contributed by atoms with Crippen molar-refractivity contribution in [1.29, 1.82) is 0 Å². The Morgan fingerprint density at radius 2 is 2.00 bits per heavy atom. The minimum Gasteiger partial charge on any atom is -0.394 e. The Morgan fingerprint density at radius 3 is 2.54 bits per heavy atom. The maximum Gasteiger partial charge on any atom is 0.474 e. The quantitative estimate of drug-likeness (QED) is 0.177. The molecule has 3 heterocycles. The molecule has 16 heteroatoms. The van der Waals surface area contributed by atoms with Crippen molar-refractivity contribution in [2.75, 3.05) is 6.61 Å². The van der Waals surface area contributed by atoms with E-state index in [9.17, 15) is 24.4 Å². The summed E-state index contributed by atoms with van der Waals surface area (Å²) in [5, 5.41) is 30.8. The average molecular weight is 395 g/mol. The van der Waals surface area contributed by atoms with Gasteiger partial charge in [-0.25, -0.2) is 18.8 Å². The monoisotopic (exact) mass is 395 g/mol. The van der Waals surface area contributed by atoms with Crippen molar-refractivity contribution in [1.82, 2.24) is 10.2 Å². The smallest absolute Gasteiger partial charge is 0.394 e. The van der Waals surface area contributed by atoms with E-state index in [1.807, 2.05) is 5.32 Å². The summed E-state index contributed by atoms with van der Waals surface area (Å²) in [5.41, 5.74) is 4.93. The molecule has 0 aromatic heterocycles. The third kappa shape index (κ3) is 3.16. The van der Waals surface area contributed by atoms with Gasteiger partial charge in [-0.2, -0.15) is 9.98 Å². The van der Waals surface area contributed by atoms with Crippen molar-refractivity contribution in [3.63, 3.8) is 0 Å². The zero-order valence-electron chi connectivity index (χ0n) is 12.7. The maximum absolute atomic E-state index is 12.1. The molecule has 0 aromatic rings. The van der Waals surface area contributed by atoms with Crippen molar-refractivity contribution in [3.8, 4) is 0 Å². The molecule has 3 aliphatic rings. The Hall–Kier alpha value is -1.81. The van der Waals surface area contributed by atoms with Crippen LogP contribution in [0.25, 0.3) is 0 Å². The standard InChI is InChI=1S/C10H14N5O10P/c11-10(25-26(21,22)23)13-6-3(7(19)14-10)12-9(20)15(6)8-5(18)4(17)2(1-16)24-8/h2,4-5,8,16-18H,1,11H2,(H,14,19)(H2,21,22,23)/t2-,4-,5-,8-,10?/m1/s1. The summed E-state index contributed by atoms with van der Waals surface area (Å²) >= 11 is 0. The van der Waals surface area contributed by atoms with Crippen LogP contribution < -0.4 is 11.1 Å². The van der Waals surface area contributed by atoms with Crippen molar-refractivity contribution in [3.05, 3.63) is 0 Å². The summed E-state index contributed by atoms with van der Waals surface area (Å²) in [5.74, 6) is -4.45. The molecular weight excluding hydrogens is 381 g/mol. The van der Waals surface area contributed by atoms with Gasteiger partial charge in [-0.15, -0.1) is 0 Å². The first-order valence-corrected chi connectivity index (χ1v) is 8.51. The molecule has 0 aliphatic carbocycles. The number of phosphoric acid groups is 1. The number of aliphatic hydroxyl groups excluding tert-OH is 3. The van der Waals surface area contributed by atoms with E-state index in [1.54, 1.807) is 0 Å². The highest BCUT2D eigenvalue weighted by atomic mass is 31.2. The summed E-state index contributed by atoms with van der Waals surface area (Å²) in [6.07, 6.45) is -6.10. The highest BCUT2D eigenvalue weighted by molar-refractivity contribution is 7.46. The summed E-state index contributed by atoms with van der Waals surface area (Å²) < 4.78 is 20.4. The van der Waals surface area contributed by atoms with Crippen LogP contribution in [0.5, 0.6) is 0 Å². The van der Waals surface area contributed by atoms with Gasteiger partial charge in [-0.1, -0.05) is 0 Å². The lowest BCUT2D eigenvalue weighted by Crippen LogP contribution is -2.64. The molecule has 3 amide bonds. The molecule has 0 radical (unpaired) electrons. The second kappa shape index (κ2) is 6.12. The molecule has 0 bridgehead atoms. The number of fused-ring (bicyclic) bond motifs is 1. The molecule has 1 fully saturated rings. The van der Waals surface area contributed by atoms with Gasteiger partial charge in [-0.3, -0.25) is 15.8 Å². The fourth-order valence-corrected chi connectivity index (χ4v) is 3.07. The van der Waals surface area contributed by atoms with Gasteiger partial charge in [-0.05, 0) is 0 Å². The number of aliphatic hydroxyl groups is 3. The first-order valence-electron chi connectivity index (χ1n) is 6.98. The number of nitrogens with two attached hydrogens (primary N) is 1. The molecule has 1 unspecified atom stereocenters. The van der Waals surface area contributed by atoms with Gasteiger partial charge in [0.2, 0.25) is 0 Å². The van der Waals surface area contributed by atoms with Gasteiger partial charge in [0.25, 0.3) is 5.91 Å². The van der Waals surface area contributed by atoms with E-state index in [-0.39, 0.29) is 0 Å². The number of carbonyl (C=O) groups excluding carboxylic acids is 2. The van der Waals surface area contributed by atoms with E-state index in [0.29, 0.717) is 4.90 Å². The van der Waals surface area contributed by atoms with E-state index >= 15 is 0 Å². The van der Waals surface area contributed by atoms with Crippen LogP contribution >= 0.6 is 7.82 Å². The van der Waals surface area contributed by atoms with E-state index in [2.05, 4.69) is 14.5 Å². The Kier molecular flexibility index (Phi) is 4.47. The Bertz CT molecular complexity index is 765. The fourth-order valence-electron chi connectivity index (χ4n) is 2.62. The molecule has 8 N–H and O–H groups in total. The second-order valence-corrected chi connectivity index (χ2v) is 6.67. The van der Waals surface area contributed by atoms with E-state index in [0.717, 1.165) is 0 Å². The lowest BCUT2D eigenvalue weighted by molar-refractivity contribution is -0.121. The fraction of sp³-hybridized carbons (Fsp3) is 0.600. The van der Waals surface area contributed by atoms with Gasteiger partial charge in [0, 0.05) is 0 Å². The number of aliphatic imine (C=N–C) groups is 2. The van der Waals surface area contributed by atoms with Crippen LogP contribution in [-0.2, 0) is 18.6 Å². The van der Waals surface area contributed by atoms with E-state index in [1.165, 1.54) is 0 Å². The molecule has 26 heavy (non-hydrogen) atoms. The maximum atomic E-state index is 12.1. The number of nitrogens with one attached hydrogen (secondary N) is 1. The zero-order valence-corrected chi connectivity index (χ0v) is 13.6. The molecule has 144 valence electrons. The lowest BCUT2D eigenvalue weighted by atomic mass is 10.1. The Morgan fingerprint density at radius 1 is 1.35 bits per heavy atom. The molecule has 15 nitrogen and oxygen atoms in total. The van der Waals surface area contributed by atoms with Crippen LogP contribution in [-0.4, -0.2) is 90.6 Å². The number of ether oxygens (including phenoxy) is 1. The zero-order chi connectivity index (χ0) is 19.4. The van der Waals surface area contributed by atoms with Crippen LogP contribution in [0.1, 0.15) is 0 Å². The number of amides is 3. The molecular formula is C10H14N5O10P. The third-order valence-corrected chi connectivity index (χ3v) is 4.18. The number of nitrogens with zero attached hydrogens (tertiary/aromatic N) is 3. The highest BCUT2D eigenvalue weighted by Crippen LogP contribution is 2.40. The minimum absolute atomic E-state index is 0.558. The molecule has 3 rings (SSSR count). The van der Waals surface area contributed by atoms with Crippen LogP contribution in [0.3, 0.4) is 0 Å². The van der Waals surface area contributed by atoms with E-state index in [4.69, 9.17) is 25.4 Å². The molecule has 0 saturated carbocycles. The summed E-state index contributed by atoms with van der Waals surface area (Å²) in [6, 6.07) is -1.12. The number of urea groups is 1. The van der Waals surface area contributed by atoms with Gasteiger partial charge in [0.15, 0.2) is 17.8 Å². The van der Waals surface area contributed by atoms with Gasteiger partial charge >= 0.3 is 19.8 Å². The molecule has 0 spiro atoms. The topological polar surface area (TPSA) is 237 Å². The molecule has 5 atom stereocenters. The Labute approximate surface area is 144 Å². The van der Waals surface area contributed by atoms with Crippen molar-refractivity contribution < 1.29 is 48.5 Å². The van der Waals surface area contributed by atoms with Crippen molar-refractivity contribution in [2.45, 2.75) is 30.5 Å². The van der Waals surface area contributed by atoms with Crippen molar-refractivity contribution in [2.24, 2.45) is 15.7 Å². The number of amidine groups is 1. The average Bonchev–Trinajstić information content (AvgIpc) is 2.95. The Balaban J connectivity index is 1.99.